The van der Waals surface area contributed by atoms with Gasteiger partial charge in [0.2, 0.25) is 0 Å². The maximum atomic E-state index is 13.3. The number of aliphatic hydroxyl groups excluding tert-OH is 1. The van der Waals surface area contributed by atoms with Gasteiger partial charge in [0, 0.05) is 17.0 Å². The van der Waals surface area contributed by atoms with Gasteiger partial charge in [-0.05, 0) is 43.1 Å². The molecule has 7 nitrogen and oxygen atoms in total. The van der Waals surface area contributed by atoms with Crippen molar-refractivity contribution in [2.24, 2.45) is 0 Å². The maximum absolute atomic E-state index is 13.3. The van der Waals surface area contributed by atoms with Crippen molar-refractivity contribution in [1.29, 1.82) is 0 Å². The highest BCUT2D eigenvalue weighted by Crippen LogP contribution is 2.37. The number of fused-ring (bicyclic) bond motifs is 4. The fourth-order valence-electron chi connectivity index (χ4n) is 4.33. The monoisotopic (exact) mass is 421 g/mol. The van der Waals surface area contributed by atoms with Gasteiger partial charge in [0.25, 0.3) is 12.0 Å². The highest BCUT2D eigenvalue weighted by atomic mass is 16.5. The second kappa shape index (κ2) is 8.61. The van der Waals surface area contributed by atoms with E-state index in [0.29, 0.717) is 35.9 Å². The Balaban J connectivity index is 1.90. The summed E-state index contributed by atoms with van der Waals surface area (Å²) in [6, 6.07) is 10.2. The number of aliphatic hydroxyl groups is 1. The van der Waals surface area contributed by atoms with Gasteiger partial charge < -0.3 is 19.7 Å². The van der Waals surface area contributed by atoms with Gasteiger partial charge in [0.1, 0.15) is 6.61 Å². The number of nitrogens with one attached hydrogen (secondary N) is 1. The molecule has 3 heterocycles. The van der Waals surface area contributed by atoms with Crippen LogP contribution in [0.15, 0.2) is 35.1 Å². The molecule has 0 aliphatic carbocycles. The first kappa shape index (κ1) is 21.2. The van der Waals surface area contributed by atoms with E-state index in [1.165, 1.54) is 5.56 Å². The molecule has 162 valence electrons. The lowest BCUT2D eigenvalue weighted by Crippen LogP contribution is -2.26. The summed E-state index contributed by atoms with van der Waals surface area (Å²) in [5.41, 5.74) is 5.06. The SMILES string of the molecule is CC(C)NCCc1c2c(nc3ccccc13)-c1cc(C(C)O)c(COC=O)c(=O)n1C2. The molecule has 2 aromatic heterocycles. The molecule has 0 spiro atoms. The molecule has 0 fully saturated rings. The van der Waals surface area contributed by atoms with Crippen LogP contribution in [0.3, 0.4) is 0 Å². The van der Waals surface area contributed by atoms with Crippen LogP contribution in [0.2, 0.25) is 0 Å². The van der Waals surface area contributed by atoms with Crippen LogP contribution in [0, 0.1) is 0 Å². The second-order valence-corrected chi connectivity index (χ2v) is 8.23. The summed E-state index contributed by atoms with van der Waals surface area (Å²) in [7, 11) is 0. The molecule has 3 aromatic rings. The first-order valence-corrected chi connectivity index (χ1v) is 10.6. The molecule has 0 radical (unpaired) electrons. The Kier molecular flexibility index (Phi) is 5.89. The van der Waals surface area contributed by atoms with Gasteiger partial charge in [0.05, 0.1) is 35.1 Å². The fourth-order valence-corrected chi connectivity index (χ4v) is 4.33. The summed E-state index contributed by atoms with van der Waals surface area (Å²) in [6.45, 7) is 7.21. The Morgan fingerprint density at radius 1 is 1.26 bits per heavy atom. The summed E-state index contributed by atoms with van der Waals surface area (Å²) in [5.74, 6) is 0. The molecule has 1 unspecified atom stereocenters. The third-order valence-corrected chi connectivity index (χ3v) is 5.78. The third kappa shape index (κ3) is 3.86. The smallest absolute Gasteiger partial charge is 0.293 e. The van der Waals surface area contributed by atoms with E-state index in [1.54, 1.807) is 17.6 Å². The fraction of sp³-hybridized carbons (Fsp3) is 0.375. The van der Waals surface area contributed by atoms with Gasteiger partial charge >= 0.3 is 0 Å². The number of benzene rings is 1. The highest BCUT2D eigenvalue weighted by Gasteiger charge is 2.28. The number of ether oxygens (including phenoxy) is 1. The van der Waals surface area contributed by atoms with Crippen LogP contribution in [0.1, 0.15) is 49.1 Å². The Hall–Kier alpha value is -3.03. The molecule has 7 heteroatoms. The van der Waals surface area contributed by atoms with Crippen LogP contribution in [0.4, 0.5) is 0 Å². The zero-order valence-corrected chi connectivity index (χ0v) is 18.0. The second-order valence-electron chi connectivity index (χ2n) is 8.23. The average molecular weight is 421 g/mol. The normalized spacial score (nSPS) is 13.3. The molecule has 4 rings (SSSR count). The lowest BCUT2D eigenvalue weighted by Gasteiger charge is -2.14. The van der Waals surface area contributed by atoms with E-state index in [0.717, 1.165) is 35.1 Å². The number of rotatable bonds is 8. The van der Waals surface area contributed by atoms with E-state index in [4.69, 9.17) is 9.72 Å². The summed E-state index contributed by atoms with van der Waals surface area (Å²) < 4.78 is 6.53. The topological polar surface area (TPSA) is 93.5 Å². The maximum Gasteiger partial charge on any atom is 0.293 e. The van der Waals surface area contributed by atoms with Crippen molar-refractivity contribution < 1.29 is 14.6 Å². The summed E-state index contributed by atoms with van der Waals surface area (Å²) in [4.78, 5) is 28.9. The summed E-state index contributed by atoms with van der Waals surface area (Å²) >= 11 is 0. The number of para-hydroxylation sites is 1. The largest absolute Gasteiger partial charge is 0.463 e. The molecule has 0 saturated heterocycles. The predicted molar refractivity (Wildman–Crippen MR) is 119 cm³/mol. The zero-order chi connectivity index (χ0) is 22.1. The van der Waals surface area contributed by atoms with Gasteiger partial charge in [-0.25, -0.2) is 4.98 Å². The molecule has 1 atom stereocenters. The van der Waals surface area contributed by atoms with Crippen molar-refractivity contribution in [3.63, 3.8) is 0 Å². The van der Waals surface area contributed by atoms with E-state index in [2.05, 4.69) is 25.2 Å². The van der Waals surface area contributed by atoms with E-state index in [1.807, 2.05) is 18.2 Å². The molecule has 2 N–H and O–H groups in total. The molecule has 0 saturated carbocycles. The molecular weight excluding hydrogens is 394 g/mol. The van der Waals surface area contributed by atoms with Gasteiger partial charge in [-0.2, -0.15) is 0 Å². The van der Waals surface area contributed by atoms with Crippen molar-refractivity contribution in [2.75, 3.05) is 6.54 Å². The minimum absolute atomic E-state index is 0.167. The standard InChI is InChI=1S/C24H27N3O4/c1-14(2)25-9-8-16-17-6-4-5-7-21(17)26-23-19(16)11-27-22(23)10-18(15(3)29)20(24(27)30)12-31-13-28/h4-7,10,13-15,25,29H,8-9,11-12H2,1-3H3. The van der Waals surface area contributed by atoms with Crippen LogP contribution >= 0.6 is 0 Å². The molecule has 1 aliphatic heterocycles. The van der Waals surface area contributed by atoms with Crippen LogP contribution in [-0.2, 0) is 29.1 Å². The number of aromatic nitrogens is 2. The minimum atomic E-state index is -0.872. The molecular formula is C24H27N3O4. The van der Waals surface area contributed by atoms with Gasteiger partial charge in [-0.15, -0.1) is 0 Å². The average Bonchev–Trinajstić information content (AvgIpc) is 3.11. The van der Waals surface area contributed by atoms with E-state index in [9.17, 15) is 14.7 Å². The lowest BCUT2D eigenvalue weighted by atomic mass is 9.97. The summed E-state index contributed by atoms with van der Waals surface area (Å²) in [6.07, 6.45) is -0.0560. The van der Waals surface area contributed by atoms with Gasteiger partial charge in [-0.1, -0.05) is 32.0 Å². The Morgan fingerprint density at radius 2 is 2.03 bits per heavy atom. The highest BCUT2D eigenvalue weighted by molar-refractivity contribution is 5.88. The summed E-state index contributed by atoms with van der Waals surface area (Å²) in [5, 5.41) is 14.8. The Bertz CT molecular complexity index is 1200. The van der Waals surface area contributed by atoms with Crippen molar-refractivity contribution >= 4 is 17.4 Å². The quantitative estimate of drug-likeness (QED) is 0.425. The van der Waals surface area contributed by atoms with Crippen molar-refractivity contribution in [1.82, 2.24) is 14.9 Å². The number of nitrogens with zero attached hydrogens (tertiary/aromatic N) is 2. The van der Waals surface area contributed by atoms with Crippen molar-refractivity contribution in [3.8, 4) is 11.4 Å². The van der Waals surface area contributed by atoms with E-state index in [-0.39, 0.29) is 12.2 Å². The van der Waals surface area contributed by atoms with E-state index < -0.39 is 6.10 Å². The minimum Gasteiger partial charge on any atom is -0.463 e. The predicted octanol–water partition coefficient (Wildman–Crippen LogP) is 2.69. The van der Waals surface area contributed by atoms with Crippen molar-refractivity contribution in [3.05, 3.63) is 62.9 Å². The van der Waals surface area contributed by atoms with Crippen LogP contribution in [-0.4, -0.2) is 33.7 Å². The van der Waals surface area contributed by atoms with E-state index >= 15 is 0 Å². The number of carbonyl (C=O) groups excluding carboxylic acids is 1. The Labute approximate surface area is 180 Å². The van der Waals surface area contributed by atoms with Crippen LogP contribution in [0.5, 0.6) is 0 Å². The number of hydrogen-bond acceptors (Lipinski definition) is 6. The van der Waals surface area contributed by atoms with Crippen molar-refractivity contribution in [2.45, 2.75) is 52.5 Å². The molecule has 0 bridgehead atoms. The zero-order valence-electron chi connectivity index (χ0n) is 18.0. The first-order valence-electron chi connectivity index (χ1n) is 10.6. The third-order valence-electron chi connectivity index (χ3n) is 5.78. The number of hydrogen-bond donors (Lipinski definition) is 2. The lowest BCUT2D eigenvalue weighted by molar-refractivity contribution is -0.129. The molecule has 1 aliphatic rings. The van der Waals surface area contributed by atoms with Crippen LogP contribution < -0.4 is 10.9 Å². The van der Waals surface area contributed by atoms with Gasteiger partial charge in [0.15, 0.2) is 0 Å². The molecule has 31 heavy (non-hydrogen) atoms. The molecule has 1 aromatic carbocycles. The Morgan fingerprint density at radius 3 is 2.74 bits per heavy atom. The van der Waals surface area contributed by atoms with Crippen LogP contribution in [0.25, 0.3) is 22.3 Å². The first-order chi connectivity index (χ1) is 14.9. The van der Waals surface area contributed by atoms with Gasteiger partial charge in [-0.3, -0.25) is 9.59 Å². The number of carbonyl (C=O) groups is 1. The molecule has 0 amide bonds. The number of pyridine rings is 2.